The van der Waals surface area contributed by atoms with Gasteiger partial charge >= 0.3 is 0 Å². The fourth-order valence-electron chi connectivity index (χ4n) is 1.93. The lowest BCUT2D eigenvalue weighted by Gasteiger charge is -2.06. The maximum absolute atomic E-state index is 11.8. The molecule has 0 atom stereocenters. The van der Waals surface area contributed by atoms with Crippen molar-refractivity contribution in [3.63, 3.8) is 0 Å². The molecule has 8 heteroatoms. The smallest absolute Gasteiger partial charge is 0.251 e. The molecule has 2 aromatic rings. The molecule has 134 valence electrons. The van der Waals surface area contributed by atoms with Gasteiger partial charge in [0.15, 0.2) is 5.16 Å². The maximum atomic E-state index is 11.8. The van der Waals surface area contributed by atoms with E-state index < -0.39 is 0 Å². The minimum Gasteiger partial charge on any atom is -0.385 e. The summed E-state index contributed by atoms with van der Waals surface area (Å²) in [5.41, 5.74) is 0.488. The van der Waals surface area contributed by atoms with Gasteiger partial charge in [-0.3, -0.25) is 9.59 Å². The lowest BCUT2D eigenvalue weighted by Crippen LogP contribution is -2.27. The zero-order valence-electron chi connectivity index (χ0n) is 14.0. The molecule has 6 nitrogen and oxygen atoms in total. The molecule has 1 heterocycles. The average Bonchev–Trinajstić information content (AvgIpc) is 2.62. The second-order valence-electron chi connectivity index (χ2n) is 5.13. The Kier molecular flexibility index (Phi) is 8.58. The number of carbonyl (C=O) groups excluding carboxylic acids is 1. The van der Waals surface area contributed by atoms with E-state index in [4.69, 9.17) is 4.74 Å². The van der Waals surface area contributed by atoms with Crippen molar-refractivity contribution in [3.8, 4) is 0 Å². The molecule has 2 rings (SSSR count). The number of carbonyl (C=O) groups is 1. The van der Waals surface area contributed by atoms with Crippen molar-refractivity contribution >= 4 is 29.4 Å². The molecule has 0 radical (unpaired) electrons. The third kappa shape index (κ3) is 7.76. The van der Waals surface area contributed by atoms with E-state index in [1.165, 1.54) is 17.8 Å². The van der Waals surface area contributed by atoms with Gasteiger partial charge in [0, 0.05) is 37.0 Å². The molecule has 0 aliphatic heterocycles. The van der Waals surface area contributed by atoms with Crippen LogP contribution in [0.3, 0.4) is 0 Å². The number of aromatic amines is 1. The van der Waals surface area contributed by atoms with Crippen LogP contribution in [0.1, 0.15) is 12.1 Å². The van der Waals surface area contributed by atoms with E-state index >= 15 is 0 Å². The second kappa shape index (κ2) is 11.0. The normalized spacial score (nSPS) is 10.6. The van der Waals surface area contributed by atoms with Crippen LogP contribution < -0.4 is 10.9 Å². The largest absolute Gasteiger partial charge is 0.385 e. The number of rotatable bonds is 10. The number of H-pyrrole nitrogens is 1. The number of nitrogens with one attached hydrogen (secondary N) is 2. The number of methoxy groups -OCH3 is 1. The van der Waals surface area contributed by atoms with Crippen molar-refractivity contribution in [2.75, 3.05) is 26.0 Å². The quantitative estimate of drug-likeness (QED) is 0.374. The van der Waals surface area contributed by atoms with Gasteiger partial charge in [0.05, 0.1) is 11.4 Å². The molecule has 0 aliphatic rings. The van der Waals surface area contributed by atoms with Crippen LogP contribution in [0.5, 0.6) is 0 Å². The summed E-state index contributed by atoms with van der Waals surface area (Å²) in [5.74, 6) is 0.725. The van der Waals surface area contributed by atoms with Gasteiger partial charge in [-0.2, -0.15) is 0 Å². The van der Waals surface area contributed by atoms with E-state index in [0.717, 1.165) is 11.3 Å². The van der Waals surface area contributed by atoms with E-state index in [2.05, 4.69) is 15.3 Å². The Morgan fingerprint density at radius 1 is 1.28 bits per heavy atom. The van der Waals surface area contributed by atoms with Gasteiger partial charge < -0.3 is 15.0 Å². The molecule has 2 N–H and O–H groups in total. The molecule has 0 spiro atoms. The first kappa shape index (κ1) is 19.6. The third-order valence-electron chi connectivity index (χ3n) is 3.09. The van der Waals surface area contributed by atoms with E-state index in [-0.39, 0.29) is 17.2 Å². The SMILES string of the molecule is COCCCNC(=O)CSc1nc(CSc2ccccc2)cc(=O)[nH]1. The van der Waals surface area contributed by atoms with Crippen LogP contribution in [0.2, 0.25) is 0 Å². The van der Waals surface area contributed by atoms with Crippen molar-refractivity contribution in [2.45, 2.75) is 22.2 Å². The van der Waals surface area contributed by atoms with E-state index in [1.807, 2.05) is 30.3 Å². The number of ether oxygens (including phenoxy) is 1. The highest BCUT2D eigenvalue weighted by Gasteiger charge is 2.07. The van der Waals surface area contributed by atoms with E-state index in [1.54, 1.807) is 18.9 Å². The van der Waals surface area contributed by atoms with Gasteiger partial charge in [0.2, 0.25) is 5.91 Å². The third-order valence-corrected chi connectivity index (χ3v) is 5.01. The summed E-state index contributed by atoms with van der Waals surface area (Å²) in [4.78, 5) is 31.7. The number of hydrogen-bond acceptors (Lipinski definition) is 6. The monoisotopic (exact) mass is 379 g/mol. The minimum atomic E-state index is -0.207. The van der Waals surface area contributed by atoms with Crippen LogP contribution in [0.4, 0.5) is 0 Å². The highest BCUT2D eigenvalue weighted by atomic mass is 32.2. The number of thioether (sulfide) groups is 2. The van der Waals surface area contributed by atoms with Crippen molar-refractivity contribution in [1.29, 1.82) is 0 Å². The summed E-state index contributed by atoms with van der Waals surface area (Å²) >= 11 is 2.84. The molecular formula is C17H21N3O3S2. The van der Waals surface area contributed by atoms with Crippen molar-refractivity contribution in [2.24, 2.45) is 0 Å². The first-order chi connectivity index (χ1) is 12.2. The van der Waals surface area contributed by atoms with Crippen molar-refractivity contribution < 1.29 is 9.53 Å². The lowest BCUT2D eigenvalue weighted by molar-refractivity contribution is -0.118. The molecular weight excluding hydrogens is 358 g/mol. The molecule has 1 aromatic heterocycles. The zero-order chi connectivity index (χ0) is 17.9. The first-order valence-electron chi connectivity index (χ1n) is 7.84. The van der Waals surface area contributed by atoms with Gasteiger partial charge in [-0.05, 0) is 18.6 Å². The lowest BCUT2D eigenvalue weighted by atomic mass is 10.4. The Labute approximate surface area is 155 Å². The standard InChI is InChI=1S/C17H21N3O3S2/c1-23-9-5-8-18-16(22)12-25-17-19-13(10-15(21)20-17)11-24-14-6-3-2-4-7-14/h2-4,6-7,10H,5,8-9,11-12H2,1H3,(H,18,22)(H,19,20,21). The topological polar surface area (TPSA) is 84.1 Å². The predicted molar refractivity (Wildman–Crippen MR) is 101 cm³/mol. The Balaban J connectivity index is 1.84. The molecule has 25 heavy (non-hydrogen) atoms. The molecule has 1 aromatic carbocycles. The summed E-state index contributed by atoms with van der Waals surface area (Å²) in [5, 5.41) is 3.26. The molecule has 0 fully saturated rings. The second-order valence-corrected chi connectivity index (χ2v) is 7.14. The van der Waals surface area contributed by atoms with Gasteiger partial charge in [-0.25, -0.2) is 4.98 Å². The van der Waals surface area contributed by atoms with Gasteiger partial charge in [-0.15, -0.1) is 11.8 Å². The highest BCUT2D eigenvalue weighted by molar-refractivity contribution is 7.99. The molecule has 0 bridgehead atoms. The summed E-state index contributed by atoms with van der Waals surface area (Å²) < 4.78 is 4.93. The first-order valence-corrected chi connectivity index (χ1v) is 9.81. The van der Waals surface area contributed by atoms with Crippen LogP contribution in [0.25, 0.3) is 0 Å². The van der Waals surface area contributed by atoms with Crippen LogP contribution in [0, 0.1) is 0 Å². The fraction of sp³-hybridized carbons (Fsp3) is 0.353. The summed E-state index contributed by atoms with van der Waals surface area (Å²) in [6.07, 6.45) is 0.772. The predicted octanol–water partition coefficient (Wildman–Crippen LogP) is 2.31. The van der Waals surface area contributed by atoms with E-state index in [0.29, 0.717) is 29.8 Å². The highest BCUT2D eigenvalue weighted by Crippen LogP contribution is 2.21. The molecule has 0 saturated heterocycles. The summed E-state index contributed by atoms with van der Waals surface area (Å²) in [6, 6.07) is 11.4. The van der Waals surface area contributed by atoms with Crippen LogP contribution in [-0.4, -0.2) is 41.9 Å². The van der Waals surface area contributed by atoms with Gasteiger partial charge in [-0.1, -0.05) is 30.0 Å². The summed E-state index contributed by atoms with van der Waals surface area (Å²) in [6.45, 7) is 1.19. The number of nitrogens with zero attached hydrogens (tertiary/aromatic N) is 1. The molecule has 1 amide bonds. The Morgan fingerprint density at radius 2 is 2.08 bits per heavy atom. The molecule has 0 saturated carbocycles. The maximum Gasteiger partial charge on any atom is 0.251 e. The van der Waals surface area contributed by atoms with E-state index in [9.17, 15) is 9.59 Å². The van der Waals surface area contributed by atoms with Crippen LogP contribution in [-0.2, 0) is 15.3 Å². The molecule has 0 aliphatic carbocycles. The van der Waals surface area contributed by atoms with Gasteiger partial charge in [0.1, 0.15) is 0 Å². The number of benzene rings is 1. The van der Waals surface area contributed by atoms with Gasteiger partial charge in [0.25, 0.3) is 5.56 Å². The zero-order valence-corrected chi connectivity index (χ0v) is 15.6. The average molecular weight is 380 g/mol. The Morgan fingerprint density at radius 3 is 2.84 bits per heavy atom. The summed E-state index contributed by atoms with van der Waals surface area (Å²) in [7, 11) is 1.63. The van der Waals surface area contributed by atoms with Crippen LogP contribution in [0.15, 0.2) is 51.2 Å². The number of hydrogen-bond donors (Lipinski definition) is 2. The Bertz CT molecular complexity index is 723. The number of aromatic nitrogens is 2. The number of amides is 1. The minimum absolute atomic E-state index is 0.0900. The fourth-order valence-corrected chi connectivity index (χ4v) is 3.47. The van der Waals surface area contributed by atoms with Crippen molar-refractivity contribution in [3.05, 3.63) is 52.4 Å². The van der Waals surface area contributed by atoms with Crippen LogP contribution >= 0.6 is 23.5 Å². The molecule has 0 unspecified atom stereocenters. The Hall–Kier alpha value is -1.77. The van der Waals surface area contributed by atoms with Crippen molar-refractivity contribution in [1.82, 2.24) is 15.3 Å².